The molecule has 0 spiro atoms. The van der Waals surface area contributed by atoms with E-state index in [1.807, 2.05) is 0 Å². The summed E-state index contributed by atoms with van der Waals surface area (Å²) in [6.07, 6.45) is 11.2. The first kappa shape index (κ1) is 15.3. The van der Waals surface area contributed by atoms with Crippen LogP contribution < -0.4 is 5.32 Å². The van der Waals surface area contributed by atoms with Gasteiger partial charge in [-0.05, 0) is 64.5 Å². The maximum atomic E-state index is 3.84. The molecule has 0 radical (unpaired) electrons. The van der Waals surface area contributed by atoms with Crippen LogP contribution in [0.3, 0.4) is 0 Å². The van der Waals surface area contributed by atoms with Crippen LogP contribution in [0.5, 0.6) is 0 Å². The Morgan fingerprint density at radius 1 is 1.11 bits per heavy atom. The third kappa shape index (κ3) is 3.95. The third-order valence-corrected chi connectivity index (χ3v) is 5.44. The van der Waals surface area contributed by atoms with E-state index in [1.165, 1.54) is 64.5 Å². The van der Waals surface area contributed by atoms with Gasteiger partial charge in [0.25, 0.3) is 0 Å². The third-order valence-electron chi connectivity index (χ3n) is 5.44. The SMILES string of the molecule is CCCNC1CCC(CC)CC1N1CCCCC1C. The van der Waals surface area contributed by atoms with Crippen molar-refractivity contribution in [2.24, 2.45) is 5.92 Å². The predicted octanol–water partition coefficient (Wildman–Crippen LogP) is 3.81. The number of rotatable bonds is 5. The fourth-order valence-electron chi connectivity index (χ4n) is 4.15. The van der Waals surface area contributed by atoms with Crippen molar-refractivity contribution in [2.45, 2.75) is 90.3 Å². The minimum absolute atomic E-state index is 0.753. The van der Waals surface area contributed by atoms with Crippen molar-refractivity contribution in [1.29, 1.82) is 0 Å². The Hall–Kier alpha value is -0.0800. The monoisotopic (exact) mass is 266 g/mol. The van der Waals surface area contributed by atoms with Crippen molar-refractivity contribution in [3.8, 4) is 0 Å². The first-order valence-electron chi connectivity index (χ1n) is 8.75. The Bertz CT molecular complexity index is 254. The molecule has 0 aromatic rings. The van der Waals surface area contributed by atoms with E-state index in [1.54, 1.807) is 0 Å². The lowest BCUT2D eigenvalue weighted by molar-refractivity contribution is 0.0434. The number of nitrogens with zero attached hydrogens (tertiary/aromatic N) is 1. The molecule has 1 heterocycles. The van der Waals surface area contributed by atoms with E-state index in [0.29, 0.717) is 0 Å². The summed E-state index contributed by atoms with van der Waals surface area (Å²) in [7, 11) is 0. The molecule has 1 aliphatic heterocycles. The summed E-state index contributed by atoms with van der Waals surface area (Å²) in [4.78, 5) is 2.85. The highest BCUT2D eigenvalue weighted by Gasteiger charge is 2.36. The largest absolute Gasteiger partial charge is 0.312 e. The molecular weight excluding hydrogens is 232 g/mol. The fourth-order valence-corrected chi connectivity index (χ4v) is 4.15. The maximum Gasteiger partial charge on any atom is 0.0254 e. The van der Waals surface area contributed by atoms with Crippen LogP contribution in [0.25, 0.3) is 0 Å². The zero-order valence-electron chi connectivity index (χ0n) is 13.3. The normalized spacial score (nSPS) is 37.4. The summed E-state index contributed by atoms with van der Waals surface area (Å²) in [5.74, 6) is 0.971. The second kappa shape index (κ2) is 7.64. The Kier molecular flexibility index (Phi) is 6.15. The van der Waals surface area contributed by atoms with Gasteiger partial charge in [-0.1, -0.05) is 26.7 Å². The van der Waals surface area contributed by atoms with E-state index in [2.05, 4.69) is 31.0 Å². The van der Waals surface area contributed by atoms with Gasteiger partial charge in [0.05, 0.1) is 0 Å². The van der Waals surface area contributed by atoms with Crippen LogP contribution in [0.4, 0.5) is 0 Å². The van der Waals surface area contributed by atoms with E-state index in [9.17, 15) is 0 Å². The van der Waals surface area contributed by atoms with Gasteiger partial charge < -0.3 is 5.32 Å². The van der Waals surface area contributed by atoms with Gasteiger partial charge in [-0.15, -0.1) is 0 Å². The van der Waals surface area contributed by atoms with Gasteiger partial charge in [-0.2, -0.15) is 0 Å². The topological polar surface area (TPSA) is 15.3 Å². The van der Waals surface area contributed by atoms with Crippen LogP contribution >= 0.6 is 0 Å². The molecule has 0 bridgehead atoms. The van der Waals surface area contributed by atoms with Crippen LogP contribution in [0, 0.1) is 5.92 Å². The molecule has 2 rings (SSSR count). The average molecular weight is 266 g/mol. The van der Waals surface area contributed by atoms with Crippen molar-refractivity contribution in [3.05, 3.63) is 0 Å². The Morgan fingerprint density at radius 2 is 1.95 bits per heavy atom. The van der Waals surface area contributed by atoms with Gasteiger partial charge in [-0.3, -0.25) is 4.90 Å². The molecule has 2 fully saturated rings. The molecule has 0 aromatic heterocycles. The minimum Gasteiger partial charge on any atom is -0.312 e. The molecule has 2 heteroatoms. The number of hydrogen-bond donors (Lipinski definition) is 1. The van der Waals surface area contributed by atoms with Crippen molar-refractivity contribution < 1.29 is 0 Å². The van der Waals surface area contributed by atoms with Crippen LogP contribution in [0.1, 0.15) is 72.1 Å². The minimum atomic E-state index is 0.753. The van der Waals surface area contributed by atoms with Crippen LogP contribution in [-0.4, -0.2) is 36.1 Å². The standard InChI is InChI=1S/C17H34N2/c1-4-11-18-16-10-9-15(5-2)13-17(16)19-12-7-6-8-14(19)3/h14-18H,4-13H2,1-3H3. The molecular formula is C17H34N2. The molecule has 1 saturated heterocycles. The summed E-state index contributed by atoms with van der Waals surface area (Å²) in [5, 5.41) is 3.84. The molecule has 112 valence electrons. The molecule has 0 aromatic carbocycles. The van der Waals surface area contributed by atoms with Crippen molar-refractivity contribution in [3.63, 3.8) is 0 Å². The number of hydrogen-bond acceptors (Lipinski definition) is 2. The van der Waals surface area contributed by atoms with Gasteiger partial charge in [0, 0.05) is 18.1 Å². The lowest BCUT2D eigenvalue weighted by atomic mass is 9.79. The van der Waals surface area contributed by atoms with E-state index < -0.39 is 0 Å². The molecule has 4 unspecified atom stereocenters. The van der Waals surface area contributed by atoms with E-state index in [0.717, 1.165) is 24.0 Å². The summed E-state index contributed by atoms with van der Waals surface area (Å²) in [6, 6.07) is 2.36. The van der Waals surface area contributed by atoms with Crippen LogP contribution in [-0.2, 0) is 0 Å². The second-order valence-electron chi connectivity index (χ2n) is 6.80. The van der Waals surface area contributed by atoms with Gasteiger partial charge in [0.15, 0.2) is 0 Å². The van der Waals surface area contributed by atoms with Crippen molar-refractivity contribution in [1.82, 2.24) is 10.2 Å². The van der Waals surface area contributed by atoms with Gasteiger partial charge in [-0.25, -0.2) is 0 Å². The smallest absolute Gasteiger partial charge is 0.0254 e. The quantitative estimate of drug-likeness (QED) is 0.814. The molecule has 19 heavy (non-hydrogen) atoms. The van der Waals surface area contributed by atoms with Gasteiger partial charge in [0.1, 0.15) is 0 Å². The average Bonchev–Trinajstić information content (AvgIpc) is 2.45. The highest BCUT2D eigenvalue weighted by Crippen LogP contribution is 2.33. The van der Waals surface area contributed by atoms with E-state index >= 15 is 0 Å². The molecule has 1 aliphatic carbocycles. The predicted molar refractivity (Wildman–Crippen MR) is 83.5 cm³/mol. The molecule has 1 saturated carbocycles. The number of nitrogens with one attached hydrogen (secondary N) is 1. The number of likely N-dealkylation sites (tertiary alicyclic amines) is 1. The van der Waals surface area contributed by atoms with Gasteiger partial charge in [0.2, 0.25) is 0 Å². The Labute approximate surface area is 120 Å². The Morgan fingerprint density at radius 3 is 2.63 bits per heavy atom. The maximum absolute atomic E-state index is 3.84. The van der Waals surface area contributed by atoms with E-state index in [4.69, 9.17) is 0 Å². The van der Waals surface area contributed by atoms with Crippen LogP contribution in [0.15, 0.2) is 0 Å². The molecule has 0 amide bonds. The number of piperidine rings is 1. The van der Waals surface area contributed by atoms with Gasteiger partial charge >= 0.3 is 0 Å². The molecule has 4 atom stereocenters. The molecule has 2 nitrogen and oxygen atoms in total. The van der Waals surface area contributed by atoms with E-state index in [-0.39, 0.29) is 0 Å². The Balaban J connectivity index is 2.00. The molecule has 1 N–H and O–H groups in total. The van der Waals surface area contributed by atoms with Crippen LogP contribution in [0.2, 0.25) is 0 Å². The summed E-state index contributed by atoms with van der Waals surface area (Å²) in [6.45, 7) is 9.64. The van der Waals surface area contributed by atoms with Crippen molar-refractivity contribution in [2.75, 3.05) is 13.1 Å². The first-order valence-corrected chi connectivity index (χ1v) is 8.75. The fraction of sp³-hybridized carbons (Fsp3) is 1.00. The molecule has 2 aliphatic rings. The zero-order valence-corrected chi connectivity index (χ0v) is 13.3. The zero-order chi connectivity index (χ0) is 13.7. The lowest BCUT2D eigenvalue weighted by Crippen LogP contribution is -2.57. The highest BCUT2D eigenvalue weighted by molar-refractivity contribution is 4.93. The highest BCUT2D eigenvalue weighted by atomic mass is 15.2. The van der Waals surface area contributed by atoms with Crippen molar-refractivity contribution >= 4 is 0 Å². The lowest BCUT2D eigenvalue weighted by Gasteiger charge is -2.47. The summed E-state index contributed by atoms with van der Waals surface area (Å²) >= 11 is 0. The second-order valence-corrected chi connectivity index (χ2v) is 6.80. The summed E-state index contributed by atoms with van der Waals surface area (Å²) in [5.41, 5.74) is 0. The first-order chi connectivity index (χ1) is 9.26. The summed E-state index contributed by atoms with van der Waals surface area (Å²) < 4.78 is 0.